The first kappa shape index (κ1) is 21.4. The molecule has 0 unspecified atom stereocenters. The lowest BCUT2D eigenvalue weighted by Gasteiger charge is -2.19. The Morgan fingerprint density at radius 1 is 1.23 bits per heavy atom. The first-order chi connectivity index (χ1) is 14.6. The van der Waals surface area contributed by atoms with Crippen molar-refractivity contribution in [2.24, 2.45) is 0 Å². The monoisotopic (exact) mass is 510 g/mol. The van der Waals surface area contributed by atoms with Crippen LogP contribution in [0.3, 0.4) is 0 Å². The molecular formula is C21H14BrF3N2O3S. The maximum Gasteiger partial charge on any atom is 0.416 e. The summed E-state index contributed by atoms with van der Waals surface area (Å²) in [5.41, 5.74) is 0.566. The number of imidazole rings is 1. The zero-order chi connectivity index (χ0) is 22.3. The van der Waals surface area contributed by atoms with Crippen LogP contribution in [0.5, 0.6) is 5.75 Å². The lowest BCUT2D eigenvalue weighted by molar-refractivity contribution is -0.139. The van der Waals surface area contributed by atoms with E-state index in [0.717, 1.165) is 27.4 Å². The van der Waals surface area contributed by atoms with Crippen LogP contribution in [0.4, 0.5) is 13.2 Å². The lowest BCUT2D eigenvalue weighted by atomic mass is 10.0. The molecule has 31 heavy (non-hydrogen) atoms. The maximum atomic E-state index is 13.4. The molecule has 0 radical (unpaired) electrons. The quantitative estimate of drug-likeness (QED) is 0.324. The van der Waals surface area contributed by atoms with E-state index in [4.69, 9.17) is 4.74 Å². The van der Waals surface area contributed by atoms with Gasteiger partial charge < -0.3 is 9.84 Å². The number of aromatic nitrogens is 2. The van der Waals surface area contributed by atoms with Crippen molar-refractivity contribution in [1.82, 2.24) is 9.55 Å². The molecule has 1 N–H and O–H groups in total. The summed E-state index contributed by atoms with van der Waals surface area (Å²) in [7, 11) is 0. The Labute approximate surface area is 186 Å². The Morgan fingerprint density at radius 3 is 2.68 bits per heavy atom. The Bertz CT molecular complexity index is 1280. The number of fused-ring (bicyclic) bond motifs is 1. The van der Waals surface area contributed by atoms with E-state index in [1.165, 1.54) is 31.2 Å². The van der Waals surface area contributed by atoms with Crippen LogP contribution in [-0.2, 0) is 6.18 Å². The zero-order valence-electron chi connectivity index (χ0n) is 15.9. The number of nitrogens with zero attached hydrogens (tertiary/aromatic N) is 2. The van der Waals surface area contributed by atoms with Gasteiger partial charge in [-0.25, -0.2) is 9.78 Å². The molecular weight excluding hydrogens is 497 g/mol. The van der Waals surface area contributed by atoms with Crippen molar-refractivity contribution in [1.29, 1.82) is 0 Å². The second-order valence-corrected chi connectivity index (χ2v) is 8.62. The highest BCUT2D eigenvalue weighted by Gasteiger charge is 2.35. The van der Waals surface area contributed by atoms with Gasteiger partial charge in [-0.1, -0.05) is 34.1 Å². The normalized spacial score (nSPS) is 12.8. The van der Waals surface area contributed by atoms with Gasteiger partial charge in [0.2, 0.25) is 0 Å². The largest absolute Gasteiger partial charge is 0.484 e. The minimum absolute atomic E-state index is 0.00376. The van der Waals surface area contributed by atoms with E-state index >= 15 is 0 Å². The first-order valence-corrected chi connectivity index (χ1v) is 10.6. The van der Waals surface area contributed by atoms with E-state index in [-0.39, 0.29) is 16.2 Å². The van der Waals surface area contributed by atoms with E-state index in [1.807, 2.05) is 18.2 Å². The summed E-state index contributed by atoms with van der Waals surface area (Å²) in [6.45, 7) is 1.46. The molecule has 2 heterocycles. The average molecular weight is 511 g/mol. The molecule has 0 saturated heterocycles. The molecule has 160 valence electrons. The van der Waals surface area contributed by atoms with Crippen LogP contribution in [0.25, 0.3) is 16.0 Å². The molecule has 0 aliphatic heterocycles. The molecule has 0 spiro atoms. The number of carboxylic acid groups (broad SMARTS) is 1. The number of hydrogen-bond acceptors (Lipinski definition) is 4. The fraction of sp³-hybridized carbons (Fsp3) is 0.143. The average Bonchev–Trinajstić information content (AvgIpc) is 3.31. The van der Waals surface area contributed by atoms with Crippen LogP contribution < -0.4 is 4.74 Å². The van der Waals surface area contributed by atoms with Gasteiger partial charge in [0.15, 0.2) is 4.88 Å². The fourth-order valence-corrected chi connectivity index (χ4v) is 4.51. The van der Waals surface area contributed by atoms with Gasteiger partial charge in [-0.15, -0.1) is 11.3 Å². The number of carbonyl (C=O) groups is 1. The van der Waals surface area contributed by atoms with Gasteiger partial charge in [-0.2, -0.15) is 13.2 Å². The Balaban J connectivity index is 1.73. The molecule has 0 saturated carbocycles. The van der Waals surface area contributed by atoms with Gasteiger partial charge in [-0.05, 0) is 31.2 Å². The number of halogens is 4. The van der Waals surface area contributed by atoms with Crippen molar-refractivity contribution >= 4 is 44.3 Å². The molecule has 2 aromatic heterocycles. The minimum atomic E-state index is -4.55. The topological polar surface area (TPSA) is 64.4 Å². The second kappa shape index (κ2) is 8.01. The van der Waals surface area contributed by atoms with Crippen molar-refractivity contribution in [3.05, 3.63) is 75.3 Å². The highest BCUT2D eigenvalue weighted by atomic mass is 79.9. The van der Waals surface area contributed by atoms with E-state index in [1.54, 1.807) is 10.9 Å². The summed E-state index contributed by atoms with van der Waals surface area (Å²) in [6, 6.07) is 12.1. The van der Waals surface area contributed by atoms with Gasteiger partial charge in [0.05, 0.1) is 16.6 Å². The summed E-state index contributed by atoms with van der Waals surface area (Å²) in [6.07, 6.45) is -4.01. The van der Waals surface area contributed by atoms with Crippen molar-refractivity contribution < 1.29 is 27.8 Å². The van der Waals surface area contributed by atoms with Gasteiger partial charge in [0.25, 0.3) is 0 Å². The minimum Gasteiger partial charge on any atom is -0.484 e. The first-order valence-electron chi connectivity index (χ1n) is 8.98. The molecule has 10 heteroatoms. The molecule has 0 aliphatic rings. The number of rotatable bonds is 5. The predicted octanol–water partition coefficient (Wildman–Crippen LogP) is 6.71. The van der Waals surface area contributed by atoms with E-state index in [9.17, 15) is 23.1 Å². The smallest absolute Gasteiger partial charge is 0.416 e. The van der Waals surface area contributed by atoms with Gasteiger partial charge in [0, 0.05) is 16.1 Å². The van der Waals surface area contributed by atoms with Crippen molar-refractivity contribution in [2.75, 3.05) is 0 Å². The fourth-order valence-electron chi connectivity index (χ4n) is 3.24. The van der Waals surface area contributed by atoms with Gasteiger partial charge >= 0.3 is 12.1 Å². The third kappa shape index (κ3) is 4.17. The summed E-state index contributed by atoms with van der Waals surface area (Å²) in [5.74, 6) is -1.23. The number of carboxylic acids is 1. The maximum absolute atomic E-state index is 13.4. The Hall–Kier alpha value is -2.85. The molecule has 4 rings (SSSR count). The molecule has 0 aliphatic carbocycles. The molecule has 0 amide bonds. The number of ether oxygens (including phenoxy) is 1. The van der Waals surface area contributed by atoms with Crippen LogP contribution in [0, 0.1) is 0 Å². The van der Waals surface area contributed by atoms with Gasteiger partial charge in [-0.3, -0.25) is 4.57 Å². The van der Waals surface area contributed by atoms with Crippen LogP contribution in [0.15, 0.2) is 59.3 Å². The van der Waals surface area contributed by atoms with Crippen LogP contribution in [0.2, 0.25) is 0 Å². The number of alkyl halides is 3. The molecule has 0 bridgehead atoms. The zero-order valence-corrected chi connectivity index (χ0v) is 18.3. The predicted molar refractivity (Wildman–Crippen MR) is 114 cm³/mol. The van der Waals surface area contributed by atoms with Crippen LogP contribution >= 0.6 is 27.3 Å². The molecule has 4 aromatic rings. The van der Waals surface area contributed by atoms with Crippen molar-refractivity contribution in [3.63, 3.8) is 0 Å². The number of hydrogen-bond donors (Lipinski definition) is 1. The van der Waals surface area contributed by atoms with Crippen LogP contribution in [-0.4, -0.2) is 20.6 Å². The number of aromatic carboxylic acids is 1. The number of benzene rings is 2. The third-order valence-corrected chi connectivity index (χ3v) is 6.23. The summed E-state index contributed by atoms with van der Waals surface area (Å²) in [4.78, 5) is 16.0. The highest BCUT2D eigenvalue weighted by molar-refractivity contribution is 9.10. The number of thiophene rings is 1. The molecule has 0 fully saturated rings. The third-order valence-electron chi connectivity index (χ3n) is 4.63. The summed E-state index contributed by atoms with van der Waals surface area (Å²) >= 11 is 4.33. The standard InChI is InChI=1S/C21H14BrF3N2O3S/c1-11(13-4-2-3-5-14(13)21(23,24)25)30-17-9-18(31-19(17)20(28)29)27-10-26-15-8-12(22)6-7-16(15)27/h2-11H,1H3,(H,28,29)/t11-/m1/s1. The van der Waals surface area contributed by atoms with Crippen molar-refractivity contribution in [2.45, 2.75) is 19.2 Å². The SMILES string of the molecule is C[C@@H](Oc1cc(-n2cnc3cc(Br)ccc32)sc1C(=O)O)c1ccccc1C(F)(F)F. The van der Waals surface area contributed by atoms with E-state index in [2.05, 4.69) is 20.9 Å². The molecule has 5 nitrogen and oxygen atoms in total. The molecule has 1 atom stereocenters. The Morgan fingerprint density at radius 2 is 1.97 bits per heavy atom. The molecule has 2 aromatic carbocycles. The Kier molecular flexibility index (Phi) is 5.52. The summed E-state index contributed by atoms with van der Waals surface area (Å²) < 4.78 is 48.4. The van der Waals surface area contributed by atoms with Crippen LogP contribution in [0.1, 0.15) is 33.8 Å². The highest BCUT2D eigenvalue weighted by Crippen LogP contribution is 2.39. The van der Waals surface area contributed by atoms with Crippen molar-refractivity contribution in [3.8, 4) is 10.8 Å². The van der Waals surface area contributed by atoms with E-state index in [0.29, 0.717) is 10.5 Å². The lowest BCUT2D eigenvalue weighted by Crippen LogP contribution is -2.14. The second-order valence-electron chi connectivity index (χ2n) is 6.68. The summed E-state index contributed by atoms with van der Waals surface area (Å²) in [5, 5.41) is 10.1. The van der Waals surface area contributed by atoms with E-state index < -0.39 is 23.8 Å². The van der Waals surface area contributed by atoms with Gasteiger partial charge in [0.1, 0.15) is 23.2 Å².